The van der Waals surface area contributed by atoms with E-state index < -0.39 is 0 Å². The summed E-state index contributed by atoms with van der Waals surface area (Å²) in [5.41, 5.74) is 3.42. The molecular formula is C15H18ClN3O2. The third kappa shape index (κ3) is 3.85. The highest BCUT2D eigenvalue weighted by Gasteiger charge is 2.24. The van der Waals surface area contributed by atoms with E-state index in [0.717, 1.165) is 0 Å². The van der Waals surface area contributed by atoms with E-state index in [1.165, 1.54) is 0 Å². The SMILES string of the molecule is COc1cccnc1C(NN)C(C)Oc1cccc(Cl)c1. The zero-order valence-electron chi connectivity index (χ0n) is 11.9. The summed E-state index contributed by atoms with van der Waals surface area (Å²) in [6, 6.07) is 10.5. The summed E-state index contributed by atoms with van der Waals surface area (Å²) in [5.74, 6) is 6.99. The first-order chi connectivity index (χ1) is 10.2. The molecule has 1 heterocycles. The lowest BCUT2D eigenvalue weighted by atomic mass is 10.1. The van der Waals surface area contributed by atoms with E-state index in [4.69, 9.17) is 26.9 Å². The molecule has 3 N–H and O–H groups in total. The zero-order valence-corrected chi connectivity index (χ0v) is 12.7. The van der Waals surface area contributed by atoms with E-state index in [-0.39, 0.29) is 12.1 Å². The highest BCUT2D eigenvalue weighted by atomic mass is 35.5. The largest absolute Gasteiger partial charge is 0.495 e. The smallest absolute Gasteiger partial charge is 0.142 e. The van der Waals surface area contributed by atoms with Crippen molar-refractivity contribution in [3.63, 3.8) is 0 Å². The molecular weight excluding hydrogens is 290 g/mol. The fraction of sp³-hybridized carbons (Fsp3) is 0.267. The molecule has 21 heavy (non-hydrogen) atoms. The second kappa shape index (κ2) is 7.26. The second-order valence-electron chi connectivity index (χ2n) is 4.52. The molecule has 5 nitrogen and oxygen atoms in total. The van der Waals surface area contributed by atoms with Gasteiger partial charge < -0.3 is 9.47 Å². The van der Waals surface area contributed by atoms with E-state index in [0.29, 0.717) is 22.2 Å². The summed E-state index contributed by atoms with van der Waals surface area (Å²) >= 11 is 5.95. The first-order valence-electron chi connectivity index (χ1n) is 6.53. The molecule has 0 radical (unpaired) electrons. The molecule has 0 aliphatic carbocycles. The molecule has 1 aromatic carbocycles. The van der Waals surface area contributed by atoms with Crippen LogP contribution in [0, 0.1) is 0 Å². The monoisotopic (exact) mass is 307 g/mol. The Labute approximate surface area is 129 Å². The Balaban J connectivity index is 2.20. The fourth-order valence-electron chi connectivity index (χ4n) is 2.07. The number of aromatic nitrogens is 1. The predicted octanol–water partition coefficient (Wildman–Crippen LogP) is 2.72. The highest BCUT2D eigenvalue weighted by Crippen LogP contribution is 2.27. The molecule has 0 aliphatic rings. The number of benzene rings is 1. The van der Waals surface area contributed by atoms with Crippen molar-refractivity contribution in [1.82, 2.24) is 10.4 Å². The van der Waals surface area contributed by atoms with Gasteiger partial charge in [-0.1, -0.05) is 17.7 Å². The van der Waals surface area contributed by atoms with Gasteiger partial charge in [0.1, 0.15) is 29.3 Å². The van der Waals surface area contributed by atoms with Crippen LogP contribution in [0.2, 0.25) is 5.02 Å². The van der Waals surface area contributed by atoms with Crippen LogP contribution in [0.1, 0.15) is 18.7 Å². The van der Waals surface area contributed by atoms with Crippen molar-refractivity contribution in [3.8, 4) is 11.5 Å². The van der Waals surface area contributed by atoms with E-state index in [2.05, 4.69) is 10.4 Å². The Morgan fingerprint density at radius 2 is 2.10 bits per heavy atom. The lowest BCUT2D eigenvalue weighted by Crippen LogP contribution is -2.38. The summed E-state index contributed by atoms with van der Waals surface area (Å²) < 4.78 is 11.2. The zero-order chi connectivity index (χ0) is 15.2. The van der Waals surface area contributed by atoms with Gasteiger partial charge in [0.2, 0.25) is 0 Å². The van der Waals surface area contributed by atoms with Gasteiger partial charge in [-0.3, -0.25) is 10.8 Å². The van der Waals surface area contributed by atoms with Crippen molar-refractivity contribution < 1.29 is 9.47 Å². The van der Waals surface area contributed by atoms with Crippen LogP contribution >= 0.6 is 11.6 Å². The van der Waals surface area contributed by atoms with Gasteiger partial charge in [-0.25, -0.2) is 5.43 Å². The molecule has 2 rings (SSSR count). The minimum Gasteiger partial charge on any atom is -0.495 e. The fourth-order valence-corrected chi connectivity index (χ4v) is 2.25. The van der Waals surface area contributed by atoms with E-state index in [1.807, 2.05) is 25.1 Å². The number of hydrogen-bond donors (Lipinski definition) is 2. The van der Waals surface area contributed by atoms with Crippen LogP contribution in [-0.2, 0) is 0 Å². The topological polar surface area (TPSA) is 69.4 Å². The maximum Gasteiger partial charge on any atom is 0.142 e. The van der Waals surface area contributed by atoms with Gasteiger partial charge in [0, 0.05) is 11.2 Å². The van der Waals surface area contributed by atoms with Gasteiger partial charge >= 0.3 is 0 Å². The lowest BCUT2D eigenvalue weighted by Gasteiger charge is -2.25. The van der Waals surface area contributed by atoms with Gasteiger partial charge in [-0.15, -0.1) is 0 Å². The minimum absolute atomic E-state index is 0.266. The van der Waals surface area contributed by atoms with Crippen LogP contribution in [0.15, 0.2) is 42.6 Å². The van der Waals surface area contributed by atoms with E-state index in [1.54, 1.807) is 31.5 Å². The molecule has 0 bridgehead atoms. The summed E-state index contributed by atoms with van der Waals surface area (Å²) in [7, 11) is 1.59. The van der Waals surface area contributed by atoms with Gasteiger partial charge in [0.25, 0.3) is 0 Å². The molecule has 2 aromatic rings. The molecule has 6 heteroatoms. The van der Waals surface area contributed by atoms with Gasteiger partial charge in [-0.05, 0) is 37.3 Å². The molecule has 0 saturated heterocycles. The van der Waals surface area contributed by atoms with Crippen molar-refractivity contribution in [1.29, 1.82) is 0 Å². The molecule has 2 atom stereocenters. The Kier molecular flexibility index (Phi) is 5.38. The van der Waals surface area contributed by atoms with E-state index >= 15 is 0 Å². The van der Waals surface area contributed by atoms with Crippen molar-refractivity contribution in [2.75, 3.05) is 7.11 Å². The number of halogens is 1. The number of nitrogens with two attached hydrogens (primary N) is 1. The maximum absolute atomic E-state index is 5.95. The first-order valence-corrected chi connectivity index (χ1v) is 6.90. The number of hydrazine groups is 1. The van der Waals surface area contributed by atoms with Gasteiger partial charge in [0.15, 0.2) is 0 Å². The molecule has 0 spiro atoms. The van der Waals surface area contributed by atoms with Crippen LogP contribution in [0.4, 0.5) is 0 Å². The minimum atomic E-state index is -0.319. The molecule has 0 amide bonds. The van der Waals surface area contributed by atoms with Crippen LogP contribution < -0.4 is 20.7 Å². The van der Waals surface area contributed by atoms with Gasteiger partial charge in [0.05, 0.1) is 7.11 Å². The second-order valence-corrected chi connectivity index (χ2v) is 4.95. The summed E-state index contributed by atoms with van der Waals surface area (Å²) in [6.45, 7) is 1.90. The van der Waals surface area contributed by atoms with Gasteiger partial charge in [-0.2, -0.15) is 0 Å². The third-order valence-electron chi connectivity index (χ3n) is 3.08. The average molecular weight is 308 g/mol. The predicted molar refractivity (Wildman–Crippen MR) is 82.4 cm³/mol. The maximum atomic E-state index is 5.95. The Morgan fingerprint density at radius 3 is 2.76 bits per heavy atom. The van der Waals surface area contributed by atoms with Crippen molar-refractivity contribution in [3.05, 3.63) is 53.3 Å². The number of nitrogens with one attached hydrogen (secondary N) is 1. The summed E-state index contributed by atoms with van der Waals surface area (Å²) in [5, 5.41) is 0.618. The standard InChI is InChI=1S/C15H18ClN3O2/c1-10(21-12-6-3-5-11(16)9-12)14(19-17)15-13(20-2)7-4-8-18-15/h3-10,14,19H,17H2,1-2H3. The van der Waals surface area contributed by atoms with Crippen LogP contribution in [-0.4, -0.2) is 18.2 Å². The number of rotatable bonds is 6. The highest BCUT2D eigenvalue weighted by molar-refractivity contribution is 6.30. The van der Waals surface area contributed by atoms with Crippen molar-refractivity contribution >= 4 is 11.6 Å². The molecule has 1 aromatic heterocycles. The van der Waals surface area contributed by atoms with Crippen LogP contribution in [0.3, 0.4) is 0 Å². The number of ether oxygens (including phenoxy) is 2. The molecule has 0 saturated carbocycles. The third-order valence-corrected chi connectivity index (χ3v) is 3.32. The number of pyridine rings is 1. The van der Waals surface area contributed by atoms with Crippen LogP contribution in [0.25, 0.3) is 0 Å². The van der Waals surface area contributed by atoms with Crippen molar-refractivity contribution in [2.45, 2.75) is 19.1 Å². The van der Waals surface area contributed by atoms with Crippen LogP contribution in [0.5, 0.6) is 11.5 Å². The Morgan fingerprint density at radius 1 is 1.29 bits per heavy atom. The number of nitrogens with zero attached hydrogens (tertiary/aromatic N) is 1. The normalized spacial score (nSPS) is 13.5. The quantitative estimate of drug-likeness (QED) is 0.634. The van der Waals surface area contributed by atoms with Crippen molar-refractivity contribution in [2.24, 2.45) is 5.84 Å². The number of methoxy groups -OCH3 is 1. The van der Waals surface area contributed by atoms with E-state index in [9.17, 15) is 0 Å². The number of hydrogen-bond acceptors (Lipinski definition) is 5. The molecule has 0 fully saturated rings. The Hall–Kier alpha value is -1.82. The molecule has 2 unspecified atom stereocenters. The lowest BCUT2D eigenvalue weighted by molar-refractivity contribution is 0.166. The summed E-state index contributed by atoms with van der Waals surface area (Å²) in [6.07, 6.45) is 1.42. The first kappa shape index (κ1) is 15.6. The summed E-state index contributed by atoms with van der Waals surface area (Å²) in [4.78, 5) is 4.33. The molecule has 0 aliphatic heterocycles. The average Bonchev–Trinajstić information content (AvgIpc) is 2.48. The molecule has 112 valence electrons. The Bertz CT molecular complexity index is 595.